The Kier molecular flexibility index (Phi) is 7.47. The van der Waals surface area contributed by atoms with Crippen LogP contribution in [0, 0.1) is 0 Å². The van der Waals surface area contributed by atoms with Crippen LogP contribution in [0.3, 0.4) is 0 Å². The van der Waals surface area contributed by atoms with Crippen LogP contribution in [-0.2, 0) is 5.41 Å². The largest absolute Gasteiger partial charge is 0.495 e. The van der Waals surface area contributed by atoms with Crippen LogP contribution in [0.15, 0.2) is 69.6 Å². The molecule has 3 aromatic carbocycles. The number of aromatic nitrogens is 2. The monoisotopic (exact) mass is 646 g/mol. The fraction of sp³-hybridized carbons (Fsp3) is 0.273. The highest BCUT2D eigenvalue weighted by atomic mass is 79.9. The number of fused-ring (bicyclic) bond motifs is 3. The van der Waals surface area contributed by atoms with Gasteiger partial charge in [0.1, 0.15) is 11.5 Å². The van der Waals surface area contributed by atoms with Crippen LogP contribution in [0.4, 0.5) is 0 Å². The fourth-order valence-corrected chi connectivity index (χ4v) is 6.10. The molecule has 0 fully saturated rings. The first-order valence-electron chi connectivity index (χ1n) is 13.0. The average Bonchev–Trinajstić information content (AvgIpc) is 2.90. The van der Waals surface area contributed by atoms with Crippen molar-refractivity contribution in [1.29, 1.82) is 0 Å². The lowest BCUT2D eigenvalue weighted by Crippen LogP contribution is -2.11. The number of hydrogen-bond acceptors (Lipinski definition) is 4. The van der Waals surface area contributed by atoms with Crippen LogP contribution >= 0.6 is 31.9 Å². The second kappa shape index (κ2) is 10.5. The molecule has 0 bridgehead atoms. The number of hydrogen-bond donors (Lipinski definition) is 0. The molecule has 0 saturated heterocycles. The molecule has 0 radical (unpaired) electrons. The zero-order valence-corrected chi connectivity index (χ0v) is 26.5. The Morgan fingerprint density at radius 1 is 0.667 bits per heavy atom. The van der Waals surface area contributed by atoms with E-state index in [1.807, 2.05) is 0 Å². The van der Waals surface area contributed by atoms with Crippen molar-refractivity contribution < 1.29 is 9.47 Å². The Morgan fingerprint density at radius 2 is 1.13 bits per heavy atom. The van der Waals surface area contributed by atoms with Crippen LogP contribution in [0.5, 0.6) is 11.5 Å². The van der Waals surface area contributed by atoms with Gasteiger partial charge in [-0.05, 0) is 90.7 Å². The predicted octanol–water partition coefficient (Wildman–Crippen LogP) is 10.1. The molecule has 5 aromatic rings. The highest BCUT2D eigenvalue weighted by molar-refractivity contribution is 9.11. The number of ether oxygens (including phenoxy) is 2. The minimum Gasteiger partial charge on any atom is -0.495 e. The molecule has 0 amide bonds. The normalized spacial score (nSPS) is 11.9. The molecule has 2 heterocycles. The smallest absolute Gasteiger partial charge is 0.142 e. The second-order valence-electron chi connectivity index (χ2n) is 11.1. The summed E-state index contributed by atoms with van der Waals surface area (Å²) in [6.45, 7) is 11.0. The van der Waals surface area contributed by atoms with E-state index in [4.69, 9.17) is 19.4 Å². The van der Waals surface area contributed by atoms with E-state index in [0.29, 0.717) is 5.92 Å². The second-order valence-corrected chi connectivity index (χ2v) is 12.8. The van der Waals surface area contributed by atoms with Gasteiger partial charge >= 0.3 is 0 Å². The molecular formula is C33H32Br2N2O2. The summed E-state index contributed by atoms with van der Waals surface area (Å²) in [6.07, 6.45) is 0. The van der Waals surface area contributed by atoms with Gasteiger partial charge in [0.25, 0.3) is 0 Å². The molecule has 5 rings (SSSR count). The van der Waals surface area contributed by atoms with Crippen molar-refractivity contribution >= 4 is 53.7 Å². The van der Waals surface area contributed by atoms with Gasteiger partial charge in [0, 0.05) is 21.9 Å². The summed E-state index contributed by atoms with van der Waals surface area (Å²) in [5.41, 5.74) is 7.68. The molecule has 0 aliphatic heterocycles. The predicted molar refractivity (Wildman–Crippen MR) is 169 cm³/mol. The Balaban J connectivity index is 1.76. The maximum absolute atomic E-state index is 5.82. The number of pyridine rings is 2. The Bertz CT molecular complexity index is 1720. The van der Waals surface area contributed by atoms with Gasteiger partial charge in [-0.25, -0.2) is 9.97 Å². The van der Waals surface area contributed by atoms with E-state index >= 15 is 0 Å². The van der Waals surface area contributed by atoms with Crippen molar-refractivity contribution in [2.45, 2.75) is 46.0 Å². The summed E-state index contributed by atoms with van der Waals surface area (Å²) >= 11 is 7.43. The van der Waals surface area contributed by atoms with Gasteiger partial charge in [-0.2, -0.15) is 0 Å². The van der Waals surface area contributed by atoms with Gasteiger partial charge in [0.05, 0.1) is 45.6 Å². The van der Waals surface area contributed by atoms with Crippen molar-refractivity contribution in [2.24, 2.45) is 0 Å². The van der Waals surface area contributed by atoms with Crippen LogP contribution < -0.4 is 9.47 Å². The SMILES string of the molecule is COc1c(Br)cc(C(C)C)cc1-c1ccc2ccc3ccc(-c4cc(C(C)(C)C)cc(Br)c4OC)nc3c2n1. The Labute approximate surface area is 247 Å². The lowest BCUT2D eigenvalue weighted by atomic mass is 9.85. The third kappa shape index (κ3) is 5.17. The molecule has 0 aliphatic carbocycles. The van der Waals surface area contributed by atoms with Crippen LogP contribution in [0.1, 0.15) is 51.7 Å². The number of halogens is 2. The number of rotatable bonds is 5. The summed E-state index contributed by atoms with van der Waals surface area (Å²) in [4.78, 5) is 10.4. The minimum absolute atomic E-state index is 0.0264. The highest BCUT2D eigenvalue weighted by Crippen LogP contribution is 2.42. The topological polar surface area (TPSA) is 44.2 Å². The Hall–Kier alpha value is -2.96. The molecule has 2 aromatic heterocycles. The first kappa shape index (κ1) is 27.6. The van der Waals surface area contributed by atoms with Crippen molar-refractivity contribution in [2.75, 3.05) is 14.2 Å². The third-order valence-electron chi connectivity index (χ3n) is 7.12. The summed E-state index contributed by atoms with van der Waals surface area (Å²) in [5.74, 6) is 1.91. The van der Waals surface area contributed by atoms with Crippen LogP contribution in [0.2, 0.25) is 0 Å². The number of benzene rings is 3. The molecule has 0 N–H and O–H groups in total. The lowest BCUT2D eigenvalue weighted by Gasteiger charge is -2.22. The van der Waals surface area contributed by atoms with Crippen molar-refractivity contribution in [1.82, 2.24) is 9.97 Å². The zero-order chi connectivity index (χ0) is 28.1. The molecular weight excluding hydrogens is 616 g/mol. The van der Waals surface area contributed by atoms with Gasteiger partial charge in [-0.3, -0.25) is 0 Å². The van der Waals surface area contributed by atoms with Gasteiger partial charge in [-0.1, -0.05) is 58.9 Å². The van der Waals surface area contributed by atoms with Crippen molar-refractivity contribution in [3.63, 3.8) is 0 Å². The van der Waals surface area contributed by atoms with E-state index < -0.39 is 0 Å². The molecule has 0 atom stereocenters. The summed E-state index contributed by atoms with van der Waals surface area (Å²) < 4.78 is 13.4. The maximum Gasteiger partial charge on any atom is 0.142 e. The maximum atomic E-state index is 5.82. The lowest BCUT2D eigenvalue weighted by molar-refractivity contribution is 0.413. The number of nitrogens with zero attached hydrogens (tertiary/aromatic N) is 2. The molecule has 0 spiro atoms. The zero-order valence-electron chi connectivity index (χ0n) is 23.3. The number of methoxy groups -OCH3 is 2. The van der Waals surface area contributed by atoms with Crippen LogP contribution in [0.25, 0.3) is 44.3 Å². The van der Waals surface area contributed by atoms with E-state index in [2.05, 4.69) is 127 Å². The summed E-state index contributed by atoms with van der Waals surface area (Å²) in [7, 11) is 3.39. The van der Waals surface area contributed by atoms with E-state index in [1.54, 1.807) is 14.2 Å². The van der Waals surface area contributed by atoms with Crippen molar-refractivity contribution in [3.8, 4) is 34.0 Å². The van der Waals surface area contributed by atoms with Gasteiger partial charge < -0.3 is 9.47 Å². The highest BCUT2D eigenvalue weighted by Gasteiger charge is 2.21. The van der Waals surface area contributed by atoms with E-state index in [1.165, 1.54) is 11.1 Å². The molecule has 39 heavy (non-hydrogen) atoms. The Morgan fingerprint density at radius 3 is 1.59 bits per heavy atom. The fourth-order valence-electron chi connectivity index (χ4n) is 4.84. The van der Waals surface area contributed by atoms with Gasteiger partial charge in [0.2, 0.25) is 0 Å². The molecule has 200 valence electrons. The van der Waals surface area contributed by atoms with Crippen LogP contribution in [-0.4, -0.2) is 24.2 Å². The van der Waals surface area contributed by atoms with E-state index in [0.717, 1.165) is 64.8 Å². The molecule has 0 unspecified atom stereocenters. The standard InChI is InChI=1S/C33H32Br2N2O2/c1-18(2)21-14-23(31(38-6)25(34)15-21)27-12-10-19-8-9-20-11-13-28(37-30(20)29(19)36-27)24-16-22(33(3,4)5)17-26(35)32(24)39-7/h8-18H,1-7H3. The van der Waals surface area contributed by atoms with E-state index in [-0.39, 0.29) is 5.41 Å². The third-order valence-corrected chi connectivity index (χ3v) is 8.30. The minimum atomic E-state index is -0.0264. The molecule has 4 nitrogen and oxygen atoms in total. The molecule has 0 saturated carbocycles. The van der Waals surface area contributed by atoms with Gasteiger partial charge in [0.15, 0.2) is 0 Å². The molecule has 6 heteroatoms. The summed E-state index contributed by atoms with van der Waals surface area (Å²) in [6, 6.07) is 21.1. The molecule has 0 aliphatic rings. The van der Waals surface area contributed by atoms with E-state index in [9.17, 15) is 0 Å². The first-order chi connectivity index (χ1) is 18.5. The van der Waals surface area contributed by atoms with Crippen molar-refractivity contribution in [3.05, 3.63) is 80.7 Å². The average molecular weight is 648 g/mol. The quantitative estimate of drug-likeness (QED) is 0.178. The van der Waals surface area contributed by atoms with Gasteiger partial charge in [-0.15, -0.1) is 0 Å². The summed E-state index contributed by atoms with van der Waals surface area (Å²) in [5, 5.41) is 2.07. The first-order valence-corrected chi connectivity index (χ1v) is 14.6.